The molecule has 3 nitrogen and oxygen atoms in total. The lowest BCUT2D eigenvalue weighted by Crippen LogP contribution is -2.46. The van der Waals surface area contributed by atoms with Crippen LogP contribution in [0.5, 0.6) is 0 Å². The van der Waals surface area contributed by atoms with Gasteiger partial charge in [0.2, 0.25) is 0 Å². The Balaban J connectivity index is 2.60. The van der Waals surface area contributed by atoms with Crippen LogP contribution < -0.4 is 5.32 Å². The molecule has 1 rings (SSSR count). The number of carbonyl (C=O) groups excluding carboxylic acids is 1. The summed E-state index contributed by atoms with van der Waals surface area (Å²) < 4.78 is 13.0. The topological polar surface area (TPSA) is 32.3 Å². The number of hydrogen-bond acceptors (Lipinski definition) is 1. The van der Waals surface area contributed by atoms with Crippen molar-refractivity contribution in [2.45, 2.75) is 32.9 Å². The maximum absolute atomic E-state index is 13.0. The second kappa shape index (κ2) is 5.17. The zero-order chi connectivity index (χ0) is 13.1. The molecule has 0 aromatic heterocycles. The van der Waals surface area contributed by atoms with Crippen molar-refractivity contribution in [2.75, 3.05) is 7.05 Å². The minimum Gasteiger partial charge on any atom is -0.333 e. The van der Waals surface area contributed by atoms with Crippen molar-refractivity contribution in [2.24, 2.45) is 0 Å². The van der Waals surface area contributed by atoms with E-state index in [4.69, 9.17) is 0 Å². The summed E-state index contributed by atoms with van der Waals surface area (Å²) in [6.45, 7) is 6.14. The van der Waals surface area contributed by atoms with Crippen molar-refractivity contribution in [3.63, 3.8) is 0 Å². The van der Waals surface area contributed by atoms with Gasteiger partial charge in [-0.3, -0.25) is 0 Å². The van der Waals surface area contributed by atoms with Crippen LogP contribution in [0, 0.1) is 5.82 Å². The van der Waals surface area contributed by atoms with Crippen molar-refractivity contribution in [1.29, 1.82) is 0 Å². The van der Waals surface area contributed by atoms with Crippen LogP contribution >= 0.6 is 0 Å². The predicted molar refractivity (Wildman–Crippen MR) is 66.2 cm³/mol. The lowest BCUT2D eigenvalue weighted by Gasteiger charge is -2.25. The van der Waals surface area contributed by atoms with E-state index in [1.165, 1.54) is 17.0 Å². The molecule has 0 spiro atoms. The zero-order valence-electron chi connectivity index (χ0n) is 10.7. The summed E-state index contributed by atoms with van der Waals surface area (Å²) in [7, 11) is 1.69. The van der Waals surface area contributed by atoms with Crippen LogP contribution in [0.4, 0.5) is 9.18 Å². The molecule has 0 aliphatic heterocycles. The van der Waals surface area contributed by atoms with Gasteiger partial charge < -0.3 is 10.2 Å². The van der Waals surface area contributed by atoms with Gasteiger partial charge in [-0.2, -0.15) is 0 Å². The number of nitrogens with zero attached hydrogens (tertiary/aromatic N) is 1. The molecule has 0 saturated heterocycles. The Morgan fingerprint density at radius 1 is 1.41 bits per heavy atom. The van der Waals surface area contributed by atoms with Gasteiger partial charge in [-0.25, -0.2) is 9.18 Å². The second-order valence-electron chi connectivity index (χ2n) is 5.17. The average Bonchev–Trinajstić information content (AvgIpc) is 2.14. The molecule has 0 saturated carbocycles. The third-order valence-electron chi connectivity index (χ3n) is 2.14. The first-order valence-corrected chi connectivity index (χ1v) is 5.56. The molecular formula is C13H19FN2O. The Bertz CT molecular complexity index is 399. The van der Waals surface area contributed by atoms with E-state index in [9.17, 15) is 9.18 Å². The lowest BCUT2D eigenvalue weighted by atomic mass is 10.1. The molecule has 17 heavy (non-hydrogen) atoms. The SMILES string of the molecule is CN(Cc1cccc(F)c1)C(=O)NC(C)(C)C. The molecule has 1 aromatic rings. The highest BCUT2D eigenvalue weighted by Crippen LogP contribution is 2.07. The van der Waals surface area contributed by atoms with Crippen LogP contribution in [0.15, 0.2) is 24.3 Å². The van der Waals surface area contributed by atoms with Gasteiger partial charge in [0.1, 0.15) is 5.82 Å². The summed E-state index contributed by atoms with van der Waals surface area (Å²) in [6.07, 6.45) is 0. The van der Waals surface area contributed by atoms with E-state index in [-0.39, 0.29) is 17.4 Å². The molecule has 2 amide bonds. The fourth-order valence-corrected chi connectivity index (χ4v) is 1.40. The Morgan fingerprint density at radius 3 is 2.59 bits per heavy atom. The number of carbonyl (C=O) groups is 1. The number of hydrogen-bond donors (Lipinski definition) is 1. The number of halogens is 1. The molecule has 94 valence electrons. The molecule has 0 aliphatic carbocycles. The molecular weight excluding hydrogens is 219 g/mol. The number of amides is 2. The highest BCUT2D eigenvalue weighted by atomic mass is 19.1. The van der Waals surface area contributed by atoms with Gasteiger partial charge in [0, 0.05) is 19.1 Å². The first-order chi connectivity index (χ1) is 7.78. The van der Waals surface area contributed by atoms with E-state index >= 15 is 0 Å². The average molecular weight is 238 g/mol. The Kier molecular flexibility index (Phi) is 4.10. The van der Waals surface area contributed by atoms with Gasteiger partial charge in [-0.15, -0.1) is 0 Å². The van der Waals surface area contributed by atoms with Gasteiger partial charge in [-0.1, -0.05) is 12.1 Å². The number of rotatable bonds is 2. The van der Waals surface area contributed by atoms with Gasteiger partial charge in [0.25, 0.3) is 0 Å². The first kappa shape index (κ1) is 13.5. The first-order valence-electron chi connectivity index (χ1n) is 5.56. The molecule has 0 bridgehead atoms. The minimum absolute atomic E-state index is 0.165. The number of benzene rings is 1. The van der Waals surface area contributed by atoms with E-state index in [1.807, 2.05) is 20.8 Å². The molecule has 1 N–H and O–H groups in total. The van der Waals surface area contributed by atoms with Gasteiger partial charge in [0.05, 0.1) is 0 Å². The third kappa shape index (κ3) is 4.85. The standard InChI is InChI=1S/C13H19FN2O/c1-13(2,3)15-12(17)16(4)9-10-6-5-7-11(14)8-10/h5-8H,9H2,1-4H3,(H,15,17). The Hall–Kier alpha value is -1.58. The third-order valence-corrected chi connectivity index (χ3v) is 2.14. The Morgan fingerprint density at radius 2 is 2.06 bits per heavy atom. The molecule has 0 heterocycles. The van der Waals surface area contributed by atoms with Crippen LogP contribution in [-0.4, -0.2) is 23.5 Å². The normalized spacial score (nSPS) is 11.1. The predicted octanol–water partition coefficient (Wildman–Crippen LogP) is 2.77. The van der Waals surface area contributed by atoms with Crippen LogP contribution in [0.3, 0.4) is 0 Å². The molecule has 1 aromatic carbocycles. The molecule has 0 atom stereocenters. The van der Waals surface area contributed by atoms with Crippen molar-refractivity contribution in [3.05, 3.63) is 35.6 Å². The summed E-state index contributed by atoms with van der Waals surface area (Å²) in [6, 6.07) is 6.09. The van der Waals surface area contributed by atoms with E-state index in [2.05, 4.69) is 5.32 Å². The fourth-order valence-electron chi connectivity index (χ4n) is 1.40. The lowest BCUT2D eigenvalue weighted by molar-refractivity contribution is 0.197. The molecule has 0 aliphatic rings. The van der Waals surface area contributed by atoms with Crippen LogP contribution in [0.1, 0.15) is 26.3 Å². The fraction of sp³-hybridized carbons (Fsp3) is 0.462. The molecule has 0 unspecified atom stereocenters. The summed E-state index contributed by atoms with van der Waals surface area (Å²) in [5.74, 6) is -0.285. The van der Waals surface area contributed by atoms with Crippen molar-refractivity contribution in [3.8, 4) is 0 Å². The molecule has 0 fully saturated rings. The monoisotopic (exact) mass is 238 g/mol. The molecule has 0 radical (unpaired) electrons. The maximum Gasteiger partial charge on any atom is 0.317 e. The largest absolute Gasteiger partial charge is 0.333 e. The van der Waals surface area contributed by atoms with Crippen molar-refractivity contribution < 1.29 is 9.18 Å². The van der Waals surface area contributed by atoms with E-state index in [1.54, 1.807) is 19.2 Å². The number of urea groups is 1. The van der Waals surface area contributed by atoms with Gasteiger partial charge in [-0.05, 0) is 38.5 Å². The summed E-state index contributed by atoms with van der Waals surface area (Å²) in [5, 5.41) is 2.85. The van der Waals surface area contributed by atoms with Crippen molar-refractivity contribution in [1.82, 2.24) is 10.2 Å². The van der Waals surface area contributed by atoms with Crippen LogP contribution in [0.25, 0.3) is 0 Å². The highest BCUT2D eigenvalue weighted by Gasteiger charge is 2.16. The minimum atomic E-state index is -0.285. The summed E-state index contributed by atoms with van der Waals surface area (Å²) in [4.78, 5) is 13.3. The maximum atomic E-state index is 13.0. The highest BCUT2D eigenvalue weighted by molar-refractivity contribution is 5.74. The van der Waals surface area contributed by atoms with Gasteiger partial charge in [0.15, 0.2) is 0 Å². The smallest absolute Gasteiger partial charge is 0.317 e. The van der Waals surface area contributed by atoms with Crippen LogP contribution in [-0.2, 0) is 6.54 Å². The van der Waals surface area contributed by atoms with Crippen LogP contribution in [0.2, 0.25) is 0 Å². The summed E-state index contributed by atoms with van der Waals surface area (Å²) >= 11 is 0. The number of nitrogens with one attached hydrogen (secondary N) is 1. The van der Waals surface area contributed by atoms with E-state index in [0.29, 0.717) is 6.54 Å². The zero-order valence-corrected chi connectivity index (χ0v) is 10.7. The van der Waals surface area contributed by atoms with Crippen molar-refractivity contribution >= 4 is 6.03 Å². The quantitative estimate of drug-likeness (QED) is 0.844. The van der Waals surface area contributed by atoms with Gasteiger partial charge >= 0.3 is 6.03 Å². The summed E-state index contributed by atoms with van der Waals surface area (Å²) in [5.41, 5.74) is 0.504. The Labute approximate surface area is 102 Å². The van der Waals surface area contributed by atoms with E-state index in [0.717, 1.165) is 5.56 Å². The molecule has 4 heteroatoms. The van der Waals surface area contributed by atoms with E-state index < -0.39 is 0 Å². The second-order valence-corrected chi connectivity index (χ2v) is 5.17.